The number of anilines is 1. The average Bonchev–Trinajstić information content (AvgIpc) is 3.10. The molecule has 4 aromatic rings. The molecule has 0 unspecified atom stereocenters. The van der Waals surface area contributed by atoms with E-state index in [-0.39, 0.29) is 10.0 Å². The zero-order chi connectivity index (χ0) is 17.3. The van der Waals surface area contributed by atoms with Gasteiger partial charge in [-0.05, 0) is 35.0 Å². The van der Waals surface area contributed by atoms with Crippen LogP contribution in [-0.2, 0) is 10.0 Å². The van der Waals surface area contributed by atoms with E-state index in [1.807, 2.05) is 24.3 Å². The smallest absolute Gasteiger partial charge is 0.263 e. The summed E-state index contributed by atoms with van der Waals surface area (Å²) in [5.74, 6) is 0. The van der Waals surface area contributed by atoms with Crippen LogP contribution in [0.4, 0.5) is 5.13 Å². The predicted octanol–water partition coefficient (Wildman–Crippen LogP) is 3.55. The Balaban J connectivity index is 1.64. The fraction of sp³-hybridized carbons (Fsp3) is 0. The molecule has 0 aliphatic heterocycles. The molecule has 25 heavy (non-hydrogen) atoms. The summed E-state index contributed by atoms with van der Waals surface area (Å²) >= 11 is 1.17. The third-order valence-electron chi connectivity index (χ3n) is 3.61. The van der Waals surface area contributed by atoms with E-state index in [4.69, 9.17) is 0 Å². The van der Waals surface area contributed by atoms with Crippen molar-refractivity contribution in [3.8, 4) is 10.6 Å². The van der Waals surface area contributed by atoms with Gasteiger partial charge in [-0.1, -0.05) is 41.7 Å². The van der Waals surface area contributed by atoms with Gasteiger partial charge in [0.1, 0.15) is 5.01 Å². The molecule has 0 saturated carbocycles. The van der Waals surface area contributed by atoms with Crippen LogP contribution in [0.3, 0.4) is 0 Å². The van der Waals surface area contributed by atoms with Crippen LogP contribution in [-0.4, -0.2) is 23.6 Å². The van der Waals surface area contributed by atoms with E-state index in [9.17, 15) is 8.42 Å². The maximum Gasteiger partial charge on any atom is 0.263 e. The molecule has 0 atom stereocenters. The van der Waals surface area contributed by atoms with E-state index in [0.717, 1.165) is 16.3 Å². The van der Waals surface area contributed by atoms with Crippen molar-refractivity contribution >= 4 is 37.3 Å². The fourth-order valence-corrected chi connectivity index (χ4v) is 4.40. The van der Waals surface area contributed by atoms with Gasteiger partial charge in [0.25, 0.3) is 10.0 Å². The number of pyridine rings is 1. The Morgan fingerprint density at radius 1 is 0.880 bits per heavy atom. The molecule has 0 aliphatic rings. The van der Waals surface area contributed by atoms with Gasteiger partial charge in [0.2, 0.25) is 5.13 Å². The second kappa shape index (κ2) is 6.23. The molecule has 2 aromatic carbocycles. The number of aromatic nitrogens is 3. The van der Waals surface area contributed by atoms with Crippen molar-refractivity contribution in [2.45, 2.75) is 4.90 Å². The molecule has 0 radical (unpaired) electrons. The Morgan fingerprint density at radius 2 is 1.64 bits per heavy atom. The number of hydrogen-bond acceptors (Lipinski definition) is 6. The van der Waals surface area contributed by atoms with Crippen molar-refractivity contribution in [3.63, 3.8) is 0 Å². The summed E-state index contributed by atoms with van der Waals surface area (Å²) in [5, 5.41) is 10.6. The summed E-state index contributed by atoms with van der Waals surface area (Å²) in [5.41, 5.74) is 0.837. The number of rotatable bonds is 4. The monoisotopic (exact) mass is 368 g/mol. The summed E-state index contributed by atoms with van der Waals surface area (Å²) in [4.78, 5) is 4.13. The summed E-state index contributed by atoms with van der Waals surface area (Å²) in [6, 6.07) is 16.2. The van der Waals surface area contributed by atoms with Crippen LogP contribution >= 0.6 is 11.3 Å². The molecule has 0 bridgehead atoms. The highest BCUT2D eigenvalue weighted by Gasteiger charge is 2.17. The first kappa shape index (κ1) is 15.7. The molecule has 4 rings (SSSR count). The van der Waals surface area contributed by atoms with E-state index in [1.165, 1.54) is 11.3 Å². The second-order valence-corrected chi connectivity index (χ2v) is 7.92. The molecule has 0 amide bonds. The van der Waals surface area contributed by atoms with Gasteiger partial charge in [0, 0.05) is 18.0 Å². The van der Waals surface area contributed by atoms with Gasteiger partial charge in [0.15, 0.2) is 0 Å². The van der Waals surface area contributed by atoms with Gasteiger partial charge in [-0.15, -0.1) is 10.2 Å². The van der Waals surface area contributed by atoms with Crippen molar-refractivity contribution in [2.24, 2.45) is 0 Å². The summed E-state index contributed by atoms with van der Waals surface area (Å²) in [7, 11) is -3.73. The number of sulfonamides is 1. The van der Waals surface area contributed by atoms with Crippen molar-refractivity contribution < 1.29 is 8.42 Å². The predicted molar refractivity (Wildman–Crippen MR) is 97.9 cm³/mol. The van der Waals surface area contributed by atoms with Crippen LogP contribution in [0.2, 0.25) is 0 Å². The first-order chi connectivity index (χ1) is 12.1. The van der Waals surface area contributed by atoms with Gasteiger partial charge >= 0.3 is 0 Å². The Hall–Kier alpha value is -2.84. The molecule has 1 N–H and O–H groups in total. The Morgan fingerprint density at radius 3 is 2.44 bits per heavy atom. The largest absolute Gasteiger partial charge is 0.265 e. The van der Waals surface area contributed by atoms with Gasteiger partial charge in [0.05, 0.1) is 4.90 Å². The molecular formula is C17H12N4O2S2. The molecule has 0 saturated heterocycles. The van der Waals surface area contributed by atoms with Crippen LogP contribution in [0.25, 0.3) is 21.3 Å². The number of nitrogens with zero attached hydrogens (tertiary/aromatic N) is 3. The Labute approximate surface area is 148 Å². The summed E-state index contributed by atoms with van der Waals surface area (Å²) < 4.78 is 27.7. The molecule has 8 heteroatoms. The zero-order valence-corrected chi connectivity index (χ0v) is 14.5. The van der Waals surface area contributed by atoms with Crippen molar-refractivity contribution in [2.75, 3.05) is 4.72 Å². The highest BCUT2D eigenvalue weighted by molar-refractivity contribution is 7.93. The van der Waals surface area contributed by atoms with E-state index in [2.05, 4.69) is 19.9 Å². The molecule has 2 heterocycles. The second-order valence-electron chi connectivity index (χ2n) is 5.26. The minimum atomic E-state index is -3.73. The highest BCUT2D eigenvalue weighted by Crippen LogP contribution is 2.28. The van der Waals surface area contributed by atoms with Gasteiger partial charge in [-0.2, -0.15) is 0 Å². The average molecular weight is 368 g/mol. The minimum Gasteiger partial charge on any atom is -0.265 e. The lowest BCUT2D eigenvalue weighted by atomic mass is 10.1. The third-order valence-corrected chi connectivity index (χ3v) is 5.96. The van der Waals surface area contributed by atoms with Crippen LogP contribution in [0.15, 0.2) is 71.9 Å². The van der Waals surface area contributed by atoms with Gasteiger partial charge < -0.3 is 0 Å². The maximum atomic E-state index is 12.6. The highest BCUT2D eigenvalue weighted by atomic mass is 32.2. The first-order valence-corrected chi connectivity index (χ1v) is 9.67. The lowest BCUT2D eigenvalue weighted by Crippen LogP contribution is -2.12. The lowest BCUT2D eigenvalue weighted by Gasteiger charge is -2.06. The van der Waals surface area contributed by atoms with E-state index >= 15 is 0 Å². The molecule has 0 fully saturated rings. The van der Waals surface area contributed by atoms with Gasteiger partial charge in [-0.25, -0.2) is 8.42 Å². The Kier molecular flexibility index (Phi) is 3.90. The molecular weight excluding hydrogens is 356 g/mol. The standard InChI is InChI=1S/C17H12N4O2S2/c22-25(23,15-6-5-12-3-1-2-4-14(12)11-15)21-17-20-19-16(24-17)13-7-9-18-10-8-13/h1-11H,(H,20,21). The minimum absolute atomic E-state index is 0.187. The Bertz CT molecular complexity index is 1140. The molecule has 6 nitrogen and oxygen atoms in total. The van der Waals surface area contributed by atoms with Crippen molar-refractivity contribution in [1.82, 2.24) is 15.2 Å². The molecule has 0 aliphatic carbocycles. The molecule has 0 spiro atoms. The zero-order valence-electron chi connectivity index (χ0n) is 12.8. The number of hydrogen-bond donors (Lipinski definition) is 1. The van der Waals surface area contributed by atoms with Crippen molar-refractivity contribution in [3.05, 3.63) is 67.0 Å². The topological polar surface area (TPSA) is 84.8 Å². The van der Waals surface area contributed by atoms with E-state index in [1.54, 1.807) is 42.7 Å². The normalized spacial score (nSPS) is 11.5. The van der Waals surface area contributed by atoms with Crippen molar-refractivity contribution in [1.29, 1.82) is 0 Å². The summed E-state index contributed by atoms with van der Waals surface area (Å²) in [6.07, 6.45) is 3.30. The number of fused-ring (bicyclic) bond motifs is 1. The molecule has 124 valence electrons. The van der Waals surface area contributed by atoms with E-state index in [0.29, 0.717) is 5.01 Å². The number of nitrogens with one attached hydrogen (secondary N) is 1. The fourth-order valence-electron chi connectivity index (χ4n) is 2.38. The maximum absolute atomic E-state index is 12.6. The lowest BCUT2D eigenvalue weighted by molar-refractivity contribution is 0.601. The van der Waals surface area contributed by atoms with Crippen LogP contribution in [0.5, 0.6) is 0 Å². The summed E-state index contributed by atoms with van der Waals surface area (Å²) in [6.45, 7) is 0. The van der Waals surface area contributed by atoms with Gasteiger partial charge in [-0.3, -0.25) is 9.71 Å². The molecule has 2 aromatic heterocycles. The first-order valence-electron chi connectivity index (χ1n) is 7.37. The van der Waals surface area contributed by atoms with E-state index < -0.39 is 10.0 Å². The number of benzene rings is 2. The third kappa shape index (κ3) is 3.21. The van der Waals surface area contributed by atoms with Crippen LogP contribution < -0.4 is 4.72 Å². The SMILES string of the molecule is O=S(=O)(Nc1nnc(-c2ccncc2)s1)c1ccc2ccccc2c1. The van der Waals surface area contributed by atoms with Crippen LogP contribution in [0, 0.1) is 0 Å². The van der Waals surface area contributed by atoms with Crippen LogP contribution in [0.1, 0.15) is 0 Å². The quantitative estimate of drug-likeness (QED) is 0.595.